The van der Waals surface area contributed by atoms with Crippen LogP contribution in [0.5, 0.6) is 0 Å². The lowest BCUT2D eigenvalue weighted by Gasteiger charge is -2.12. The van der Waals surface area contributed by atoms with Crippen molar-refractivity contribution < 1.29 is 9.90 Å². The number of anilines is 1. The average molecular weight is 272 g/mol. The molecule has 1 rings (SSSR count). The van der Waals surface area contributed by atoms with Crippen molar-refractivity contribution in [3.63, 3.8) is 0 Å². The molecular weight excluding hydrogens is 258 g/mol. The van der Waals surface area contributed by atoms with Gasteiger partial charge in [-0.2, -0.15) is 0 Å². The van der Waals surface area contributed by atoms with Crippen LogP contribution in [0.3, 0.4) is 0 Å². The van der Waals surface area contributed by atoms with E-state index in [1.807, 2.05) is 31.2 Å². The molecule has 0 aliphatic carbocycles. The van der Waals surface area contributed by atoms with E-state index in [1.165, 1.54) is 0 Å². The fourth-order valence-electron chi connectivity index (χ4n) is 1.25. The van der Waals surface area contributed by atoms with Gasteiger partial charge in [-0.05, 0) is 24.6 Å². The molecule has 0 aliphatic heterocycles. The third-order valence-electron chi connectivity index (χ3n) is 2.22. The first kappa shape index (κ1) is 12.0. The molecule has 1 aromatic carbocycles. The Morgan fingerprint density at radius 1 is 1.60 bits per heavy atom. The topological polar surface area (TPSA) is 49.3 Å². The number of carboxylic acid groups (broad SMARTS) is 1. The summed E-state index contributed by atoms with van der Waals surface area (Å²) in [5.41, 5.74) is 0.934. The van der Waals surface area contributed by atoms with Gasteiger partial charge in [0.2, 0.25) is 0 Å². The third-order valence-corrected chi connectivity index (χ3v) is 2.71. The number of halogens is 1. The van der Waals surface area contributed by atoms with Crippen LogP contribution in [0.1, 0.15) is 13.3 Å². The summed E-state index contributed by atoms with van der Waals surface area (Å²) in [6, 6.07) is 7.68. The number of aliphatic carboxylic acids is 1. The molecule has 0 fully saturated rings. The monoisotopic (exact) mass is 271 g/mol. The van der Waals surface area contributed by atoms with Crippen molar-refractivity contribution in [2.75, 3.05) is 11.9 Å². The predicted octanol–water partition coefficient (Wildman–Crippen LogP) is 2.97. The first-order chi connectivity index (χ1) is 7.13. The number of carbonyl (C=O) groups is 1. The molecule has 15 heavy (non-hydrogen) atoms. The van der Waals surface area contributed by atoms with Gasteiger partial charge in [-0.15, -0.1) is 0 Å². The van der Waals surface area contributed by atoms with Crippen LogP contribution < -0.4 is 5.32 Å². The minimum absolute atomic E-state index is 0.330. The second-order valence-electron chi connectivity index (χ2n) is 3.33. The van der Waals surface area contributed by atoms with Gasteiger partial charge in [0.05, 0.1) is 5.92 Å². The van der Waals surface area contributed by atoms with E-state index in [1.54, 1.807) is 0 Å². The molecule has 3 nitrogen and oxygen atoms in total. The zero-order valence-corrected chi connectivity index (χ0v) is 10.1. The highest BCUT2D eigenvalue weighted by molar-refractivity contribution is 9.10. The number of hydrogen-bond acceptors (Lipinski definition) is 2. The highest BCUT2D eigenvalue weighted by atomic mass is 79.9. The molecule has 0 saturated heterocycles. The van der Waals surface area contributed by atoms with Crippen LogP contribution >= 0.6 is 15.9 Å². The van der Waals surface area contributed by atoms with Crippen molar-refractivity contribution in [2.45, 2.75) is 13.3 Å². The maximum absolute atomic E-state index is 10.8. The molecule has 4 heteroatoms. The minimum atomic E-state index is -0.750. The first-order valence-electron chi connectivity index (χ1n) is 4.85. The number of benzene rings is 1. The molecule has 1 aromatic rings. The maximum Gasteiger partial charge on any atom is 0.308 e. The number of rotatable bonds is 5. The normalized spacial score (nSPS) is 12.1. The Labute approximate surface area is 97.6 Å². The molecule has 0 amide bonds. The van der Waals surface area contributed by atoms with E-state index >= 15 is 0 Å². The highest BCUT2D eigenvalue weighted by Crippen LogP contribution is 2.16. The van der Waals surface area contributed by atoms with E-state index in [0.717, 1.165) is 10.2 Å². The Hall–Kier alpha value is -1.03. The van der Waals surface area contributed by atoms with Crippen molar-refractivity contribution >= 4 is 27.6 Å². The van der Waals surface area contributed by atoms with Gasteiger partial charge in [0.15, 0.2) is 0 Å². The van der Waals surface area contributed by atoms with Crippen molar-refractivity contribution in [2.24, 2.45) is 5.92 Å². The zero-order chi connectivity index (χ0) is 11.3. The summed E-state index contributed by atoms with van der Waals surface area (Å²) in [6.07, 6.45) is 0.635. The van der Waals surface area contributed by atoms with E-state index in [4.69, 9.17) is 5.11 Å². The van der Waals surface area contributed by atoms with E-state index in [2.05, 4.69) is 21.2 Å². The van der Waals surface area contributed by atoms with Crippen LogP contribution in [-0.2, 0) is 4.79 Å². The van der Waals surface area contributed by atoms with Crippen LogP contribution in [0.2, 0.25) is 0 Å². The van der Waals surface area contributed by atoms with Gasteiger partial charge in [-0.1, -0.05) is 28.9 Å². The van der Waals surface area contributed by atoms with Gasteiger partial charge >= 0.3 is 5.97 Å². The SMILES string of the molecule is CCC(CNc1cccc(Br)c1)C(=O)O. The Bertz CT molecular complexity index is 341. The molecule has 0 spiro atoms. The second kappa shape index (κ2) is 5.75. The van der Waals surface area contributed by atoms with Gasteiger partial charge in [-0.25, -0.2) is 0 Å². The lowest BCUT2D eigenvalue weighted by molar-refractivity contribution is -0.141. The maximum atomic E-state index is 10.8. The molecular formula is C11H14BrNO2. The number of nitrogens with one attached hydrogen (secondary N) is 1. The minimum Gasteiger partial charge on any atom is -0.481 e. The Kier molecular flexibility index (Phi) is 4.62. The lowest BCUT2D eigenvalue weighted by Crippen LogP contribution is -2.21. The van der Waals surface area contributed by atoms with E-state index < -0.39 is 5.97 Å². The Morgan fingerprint density at radius 3 is 2.87 bits per heavy atom. The van der Waals surface area contributed by atoms with E-state index in [-0.39, 0.29) is 5.92 Å². The Morgan fingerprint density at radius 2 is 2.33 bits per heavy atom. The summed E-state index contributed by atoms with van der Waals surface area (Å²) in [5, 5.41) is 12.0. The standard InChI is InChI=1S/C11H14BrNO2/c1-2-8(11(14)15)7-13-10-5-3-4-9(12)6-10/h3-6,8,13H,2,7H2,1H3,(H,14,15). The molecule has 2 N–H and O–H groups in total. The molecule has 0 heterocycles. The first-order valence-corrected chi connectivity index (χ1v) is 5.65. The number of carboxylic acids is 1. The summed E-state index contributed by atoms with van der Waals surface area (Å²) in [6.45, 7) is 2.34. The van der Waals surface area contributed by atoms with Crippen molar-refractivity contribution in [3.05, 3.63) is 28.7 Å². The quantitative estimate of drug-likeness (QED) is 0.866. The summed E-state index contributed by atoms with van der Waals surface area (Å²) >= 11 is 3.36. The summed E-state index contributed by atoms with van der Waals surface area (Å²) in [5.74, 6) is -1.08. The largest absolute Gasteiger partial charge is 0.481 e. The second-order valence-corrected chi connectivity index (χ2v) is 4.25. The van der Waals surface area contributed by atoms with Crippen LogP contribution in [0, 0.1) is 5.92 Å². The van der Waals surface area contributed by atoms with Crippen molar-refractivity contribution in [1.29, 1.82) is 0 Å². The molecule has 0 aromatic heterocycles. The summed E-state index contributed by atoms with van der Waals surface area (Å²) in [4.78, 5) is 10.8. The molecule has 1 atom stereocenters. The lowest BCUT2D eigenvalue weighted by atomic mass is 10.1. The predicted molar refractivity (Wildman–Crippen MR) is 64.0 cm³/mol. The average Bonchev–Trinajstić information content (AvgIpc) is 2.18. The molecule has 0 aliphatic rings. The van der Waals surface area contributed by atoms with Crippen LogP contribution in [0.4, 0.5) is 5.69 Å². The van der Waals surface area contributed by atoms with Gasteiger partial charge in [0, 0.05) is 16.7 Å². The summed E-state index contributed by atoms with van der Waals surface area (Å²) in [7, 11) is 0. The van der Waals surface area contributed by atoms with E-state index in [0.29, 0.717) is 13.0 Å². The molecule has 0 saturated carbocycles. The van der Waals surface area contributed by atoms with Crippen LogP contribution in [-0.4, -0.2) is 17.6 Å². The molecule has 0 radical (unpaired) electrons. The fourth-order valence-corrected chi connectivity index (χ4v) is 1.64. The smallest absolute Gasteiger partial charge is 0.308 e. The third kappa shape index (κ3) is 3.91. The van der Waals surface area contributed by atoms with E-state index in [9.17, 15) is 4.79 Å². The van der Waals surface area contributed by atoms with Gasteiger partial charge in [0.1, 0.15) is 0 Å². The van der Waals surface area contributed by atoms with Crippen molar-refractivity contribution in [1.82, 2.24) is 0 Å². The van der Waals surface area contributed by atoms with Crippen LogP contribution in [0.25, 0.3) is 0 Å². The molecule has 0 bridgehead atoms. The summed E-state index contributed by atoms with van der Waals surface area (Å²) < 4.78 is 0.982. The fraction of sp³-hybridized carbons (Fsp3) is 0.364. The number of hydrogen-bond donors (Lipinski definition) is 2. The highest BCUT2D eigenvalue weighted by Gasteiger charge is 2.13. The Balaban J connectivity index is 2.52. The van der Waals surface area contributed by atoms with Crippen LogP contribution in [0.15, 0.2) is 28.7 Å². The van der Waals surface area contributed by atoms with Gasteiger partial charge in [0.25, 0.3) is 0 Å². The van der Waals surface area contributed by atoms with Gasteiger partial charge in [-0.3, -0.25) is 4.79 Å². The van der Waals surface area contributed by atoms with Gasteiger partial charge < -0.3 is 10.4 Å². The zero-order valence-electron chi connectivity index (χ0n) is 8.53. The molecule has 1 unspecified atom stereocenters. The molecule has 82 valence electrons. The van der Waals surface area contributed by atoms with Crippen molar-refractivity contribution in [3.8, 4) is 0 Å².